The second kappa shape index (κ2) is 4.95. The first-order valence-corrected chi connectivity index (χ1v) is 6.89. The number of benzene rings is 1. The van der Waals surface area contributed by atoms with Crippen molar-refractivity contribution in [2.24, 2.45) is 11.8 Å². The Kier molecular flexibility index (Phi) is 3.23. The summed E-state index contributed by atoms with van der Waals surface area (Å²) >= 11 is 0. The van der Waals surface area contributed by atoms with Crippen LogP contribution in [0.15, 0.2) is 24.3 Å². The molecule has 3 atom stereocenters. The minimum Gasteiger partial charge on any atom is -0.277 e. The fourth-order valence-electron chi connectivity index (χ4n) is 2.62. The van der Waals surface area contributed by atoms with Crippen molar-refractivity contribution in [3.05, 3.63) is 35.6 Å². The topological polar surface area (TPSA) is 66.5 Å². The number of urea groups is 1. The molecule has 1 aromatic carbocycles. The number of rotatable bonds is 3. The van der Waals surface area contributed by atoms with E-state index in [4.69, 9.17) is 0 Å². The van der Waals surface area contributed by atoms with Crippen molar-refractivity contribution >= 4 is 17.8 Å². The van der Waals surface area contributed by atoms with Gasteiger partial charge in [0, 0.05) is 6.54 Å². The van der Waals surface area contributed by atoms with Crippen molar-refractivity contribution in [1.82, 2.24) is 10.2 Å². The zero-order chi connectivity index (χ0) is 15.1. The van der Waals surface area contributed by atoms with Gasteiger partial charge in [-0.3, -0.25) is 19.8 Å². The molecule has 5 nitrogen and oxygen atoms in total. The summed E-state index contributed by atoms with van der Waals surface area (Å²) in [4.78, 5) is 37.3. The second-order valence-electron chi connectivity index (χ2n) is 5.70. The van der Waals surface area contributed by atoms with Gasteiger partial charge in [0.05, 0.1) is 0 Å². The lowest BCUT2D eigenvalue weighted by atomic mass is 9.95. The van der Waals surface area contributed by atoms with Gasteiger partial charge in [0.25, 0.3) is 0 Å². The lowest BCUT2D eigenvalue weighted by Crippen LogP contribution is -2.57. The maximum absolute atomic E-state index is 13.0. The first-order valence-electron chi connectivity index (χ1n) is 6.89. The Morgan fingerprint density at radius 3 is 2.43 bits per heavy atom. The molecule has 0 bridgehead atoms. The third kappa shape index (κ3) is 2.53. The molecule has 1 aliphatic heterocycles. The van der Waals surface area contributed by atoms with Crippen LogP contribution in [0, 0.1) is 17.7 Å². The van der Waals surface area contributed by atoms with Gasteiger partial charge in [0.2, 0.25) is 11.8 Å². The summed E-state index contributed by atoms with van der Waals surface area (Å²) in [6, 6.07) is 4.51. The molecule has 2 aliphatic rings. The highest BCUT2D eigenvalue weighted by atomic mass is 19.1. The zero-order valence-electron chi connectivity index (χ0n) is 11.5. The van der Waals surface area contributed by atoms with E-state index < -0.39 is 29.6 Å². The molecule has 4 amide bonds. The fourth-order valence-corrected chi connectivity index (χ4v) is 2.62. The average molecular weight is 290 g/mol. The van der Waals surface area contributed by atoms with Crippen molar-refractivity contribution in [3.8, 4) is 0 Å². The quantitative estimate of drug-likeness (QED) is 0.861. The Balaban J connectivity index is 1.85. The summed E-state index contributed by atoms with van der Waals surface area (Å²) in [5.41, 5.74) is 0.389. The Morgan fingerprint density at radius 2 is 1.86 bits per heavy atom. The molecule has 3 rings (SSSR count). The molecule has 1 N–H and O–H groups in total. The van der Waals surface area contributed by atoms with E-state index in [1.807, 2.05) is 0 Å². The van der Waals surface area contributed by atoms with Gasteiger partial charge in [-0.05, 0) is 36.0 Å². The lowest BCUT2D eigenvalue weighted by molar-refractivity contribution is -0.138. The number of hydrogen-bond donors (Lipinski definition) is 1. The number of carbonyl (C=O) groups excluding carboxylic acids is 3. The van der Waals surface area contributed by atoms with Crippen LogP contribution in [-0.4, -0.2) is 29.3 Å². The van der Waals surface area contributed by atoms with Gasteiger partial charge in [-0.25, -0.2) is 9.18 Å². The number of barbiturate groups is 1. The number of carbonyl (C=O) groups is 3. The third-order valence-corrected chi connectivity index (χ3v) is 4.15. The number of hydrogen-bond acceptors (Lipinski definition) is 3. The third-order valence-electron chi connectivity index (χ3n) is 4.15. The van der Waals surface area contributed by atoms with Crippen molar-refractivity contribution in [2.45, 2.75) is 19.3 Å². The molecule has 1 heterocycles. The van der Waals surface area contributed by atoms with Gasteiger partial charge in [-0.2, -0.15) is 0 Å². The van der Waals surface area contributed by atoms with E-state index >= 15 is 0 Å². The molecule has 21 heavy (non-hydrogen) atoms. The van der Waals surface area contributed by atoms with E-state index in [-0.39, 0.29) is 0 Å². The first kappa shape index (κ1) is 13.7. The second-order valence-corrected chi connectivity index (χ2v) is 5.70. The molecule has 0 spiro atoms. The van der Waals surface area contributed by atoms with E-state index in [2.05, 4.69) is 12.2 Å². The first-order chi connectivity index (χ1) is 9.97. The molecule has 1 saturated carbocycles. The SMILES string of the molecule is CC1CC1CN1C(=O)NC(=O)C(c2ccc(F)cc2)C1=O. The van der Waals surface area contributed by atoms with E-state index in [0.29, 0.717) is 23.9 Å². The standard InChI is InChI=1S/C15H15FN2O3/c1-8-6-10(8)7-18-14(20)12(13(19)17-15(18)21)9-2-4-11(16)5-3-9/h2-5,8,10,12H,6-7H2,1H3,(H,17,19,21). The Labute approximate surface area is 121 Å². The summed E-state index contributed by atoms with van der Waals surface area (Å²) < 4.78 is 13.0. The van der Waals surface area contributed by atoms with Crippen LogP contribution in [0.3, 0.4) is 0 Å². The molecule has 6 heteroatoms. The monoisotopic (exact) mass is 290 g/mol. The highest BCUT2D eigenvalue weighted by Gasteiger charge is 2.44. The number of halogens is 1. The highest BCUT2D eigenvalue weighted by molar-refractivity contribution is 6.19. The van der Waals surface area contributed by atoms with Gasteiger partial charge >= 0.3 is 6.03 Å². The fraction of sp³-hybridized carbons (Fsp3) is 0.400. The summed E-state index contributed by atoms with van der Waals surface area (Å²) in [7, 11) is 0. The molecular weight excluding hydrogens is 275 g/mol. The van der Waals surface area contributed by atoms with Crippen LogP contribution in [0.5, 0.6) is 0 Å². The van der Waals surface area contributed by atoms with Gasteiger partial charge in [-0.1, -0.05) is 19.1 Å². The normalized spacial score (nSPS) is 28.6. The van der Waals surface area contributed by atoms with Crippen LogP contribution in [0.2, 0.25) is 0 Å². The van der Waals surface area contributed by atoms with Crippen LogP contribution < -0.4 is 5.32 Å². The number of nitrogens with one attached hydrogen (secondary N) is 1. The van der Waals surface area contributed by atoms with Crippen molar-refractivity contribution in [3.63, 3.8) is 0 Å². The average Bonchev–Trinajstić information content (AvgIpc) is 3.12. The molecule has 1 aliphatic carbocycles. The molecule has 1 aromatic rings. The smallest absolute Gasteiger partial charge is 0.277 e. The van der Waals surface area contributed by atoms with Gasteiger partial charge in [0.15, 0.2) is 0 Å². The number of imide groups is 2. The molecule has 1 saturated heterocycles. The van der Waals surface area contributed by atoms with Crippen LogP contribution in [0.4, 0.5) is 9.18 Å². The molecular formula is C15H15FN2O3. The zero-order valence-corrected chi connectivity index (χ0v) is 11.5. The lowest BCUT2D eigenvalue weighted by Gasteiger charge is -2.30. The van der Waals surface area contributed by atoms with Crippen molar-refractivity contribution in [2.75, 3.05) is 6.54 Å². The predicted octanol–water partition coefficient (Wildman–Crippen LogP) is 1.64. The van der Waals surface area contributed by atoms with Crippen LogP contribution in [0.25, 0.3) is 0 Å². The van der Waals surface area contributed by atoms with E-state index in [0.717, 1.165) is 11.3 Å². The van der Waals surface area contributed by atoms with Gasteiger partial charge in [0.1, 0.15) is 11.7 Å². The predicted molar refractivity (Wildman–Crippen MR) is 71.7 cm³/mol. The number of amides is 4. The minimum atomic E-state index is -1.09. The maximum Gasteiger partial charge on any atom is 0.330 e. The van der Waals surface area contributed by atoms with Crippen LogP contribution >= 0.6 is 0 Å². The molecule has 0 radical (unpaired) electrons. The molecule has 2 fully saturated rings. The Morgan fingerprint density at radius 1 is 1.24 bits per heavy atom. The summed E-state index contributed by atoms with van der Waals surface area (Å²) in [5.74, 6) is -1.92. The number of nitrogens with zero attached hydrogens (tertiary/aromatic N) is 1. The molecule has 0 aromatic heterocycles. The minimum absolute atomic E-state index is 0.307. The summed E-state index contributed by atoms with van der Waals surface area (Å²) in [6.07, 6.45) is 0.978. The summed E-state index contributed by atoms with van der Waals surface area (Å²) in [6.45, 7) is 2.39. The van der Waals surface area contributed by atoms with E-state index in [1.54, 1.807) is 0 Å². The largest absolute Gasteiger partial charge is 0.330 e. The van der Waals surface area contributed by atoms with Crippen molar-refractivity contribution in [1.29, 1.82) is 0 Å². The summed E-state index contributed by atoms with van der Waals surface area (Å²) in [5, 5.41) is 2.20. The van der Waals surface area contributed by atoms with Gasteiger partial charge in [-0.15, -0.1) is 0 Å². The van der Waals surface area contributed by atoms with Gasteiger partial charge < -0.3 is 0 Å². The van der Waals surface area contributed by atoms with E-state index in [1.165, 1.54) is 24.3 Å². The molecule has 110 valence electrons. The maximum atomic E-state index is 13.0. The highest BCUT2D eigenvalue weighted by Crippen LogP contribution is 2.39. The van der Waals surface area contributed by atoms with Crippen molar-refractivity contribution < 1.29 is 18.8 Å². The molecule has 3 unspecified atom stereocenters. The Hall–Kier alpha value is -2.24. The Bertz CT molecular complexity index is 614. The van der Waals surface area contributed by atoms with E-state index in [9.17, 15) is 18.8 Å². The van der Waals surface area contributed by atoms with Crippen LogP contribution in [0.1, 0.15) is 24.8 Å². The van der Waals surface area contributed by atoms with Crippen LogP contribution in [-0.2, 0) is 9.59 Å².